The van der Waals surface area contributed by atoms with Crippen LogP contribution in [0.5, 0.6) is 0 Å². The summed E-state index contributed by atoms with van der Waals surface area (Å²) in [7, 11) is -3.46. The lowest BCUT2D eigenvalue weighted by Gasteiger charge is -2.16. The number of nitrogens with zero attached hydrogens (tertiary/aromatic N) is 2. The highest BCUT2D eigenvalue weighted by Crippen LogP contribution is 2.27. The molecule has 2 heterocycles. The number of hydrogen-bond donors (Lipinski definition) is 1. The number of hydrogen-bond acceptors (Lipinski definition) is 3. The third-order valence-corrected chi connectivity index (χ3v) is 5.53. The second-order valence-corrected chi connectivity index (χ2v) is 6.81. The fraction of sp³-hybridized carbons (Fsp3) is 0.727. The van der Waals surface area contributed by atoms with Crippen molar-refractivity contribution in [3.63, 3.8) is 0 Å². The molecule has 7 heteroatoms. The van der Waals surface area contributed by atoms with E-state index in [1.165, 1.54) is 10.5 Å². The molecule has 1 fully saturated rings. The van der Waals surface area contributed by atoms with Gasteiger partial charge in [-0.25, -0.2) is 8.42 Å². The second-order valence-electron chi connectivity index (χ2n) is 4.66. The highest BCUT2D eigenvalue weighted by Gasteiger charge is 2.34. The molecule has 1 aliphatic rings. The van der Waals surface area contributed by atoms with Gasteiger partial charge < -0.3 is 0 Å². The molecule has 1 aliphatic heterocycles. The van der Waals surface area contributed by atoms with Crippen molar-refractivity contribution in [1.29, 1.82) is 0 Å². The Bertz CT molecular complexity index is 500. The summed E-state index contributed by atoms with van der Waals surface area (Å²) >= 11 is 5.72. The van der Waals surface area contributed by atoms with E-state index in [9.17, 15) is 8.42 Å². The summed E-state index contributed by atoms with van der Waals surface area (Å²) in [6, 6.07) is 0. The number of nitrogens with one attached hydrogen (secondary N) is 1. The van der Waals surface area contributed by atoms with Crippen molar-refractivity contribution >= 4 is 21.6 Å². The smallest absolute Gasteiger partial charge is 0.260 e. The molecule has 1 unspecified atom stereocenters. The SMILES string of the molecule is CCCC1CCN(S(=O)(=O)c2[nH]ncc2CCl)C1. The van der Waals surface area contributed by atoms with Crippen molar-refractivity contribution in [2.75, 3.05) is 13.1 Å². The third kappa shape index (κ3) is 2.55. The minimum atomic E-state index is -3.46. The van der Waals surface area contributed by atoms with E-state index in [1.54, 1.807) is 0 Å². The van der Waals surface area contributed by atoms with Crippen molar-refractivity contribution in [2.45, 2.75) is 37.1 Å². The van der Waals surface area contributed by atoms with Crippen LogP contribution in [0.3, 0.4) is 0 Å². The van der Waals surface area contributed by atoms with E-state index < -0.39 is 10.0 Å². The number of aromatic amines is 1. The Morgan fingerprint density at radius 3 is 3.06 bits per heavy atom. The first-order valence-corrected chi connectivity index (χ1v) is 8.15. The monoisotopic (exact) mass is 291 g/mol. The first kappa shape index (κ1) is 13.8. The lowest BCUT2D eigenvalue weighted by Crippen LogP contribution is -2.29. The molecule has 0 aromatic carbocycles. The normalized spacial score (nSPS) is 21.6. The van der Waals surface area contributed by atoms with Gasteiger partial charge in [-0.1, -0.05) is 13.3 Å². The molecule has 0 radical (unpaired) electrons. The molecule has 1 N–H and O–H groups in total. The lowest BCUT2D eigenvalue weighted by molar-refractivity contribution is 0.442. The molecule has 1 atom stereocenters. The summed E-state index contributed by atoms with van der Waals surface area (Å²) in [5.74, 6) is 0.629. The Labute approximate surface area is 113 Å². The first-order valence-electron chi connectivity index (χ1n) is 6.18. The number of alkyl halides is 1. The Morgan fingerprint density at radius 1 is 1.61 bits per heavy atom. The largest absolute Gasteiger partial charge is 0.266 e. The van der Waals surface area contributed by atoms with Gasteiger partial charge >= 0.3 is 0 Å². The molecule has 2 rings (SSSR count). The van der Waals surface area contributed by atoms with Gasteiger partial charge in [0, 0.05) is 18.7 Å². The van der Waals surface area contributed by atoms with Crippen molar-refractivity contribution in [3.05, 3.63) is 11.8 Å². The van der Waals surface area contributed by atoms with Crippen LogP contribution in [0.4, 0.5) is 0 Å². The van der Waals surface area contributed by atoms with Crippen LogP contribution < -0.4 is 0 Å². The minimum Gasteiger partial charge on any atom is -0.266 e. The van der Waals surface area contributed by atoms with E-state index in [1.807, 2.05) is 0 Å². The molecular formula is C11H18ClN3O2S. The summed E-state index contributed by atoms with van der Waals surface area (Å²) in [6.07, 6.45) is 4.59. The summed E-state index contributed by atoms with van der Waals surface area (Å²) in [5.41, 5.74) is 0.538. The van der Waals surface area contributed by atoms with E-state index in [4.69, 9.17) is 11.6 Å². The van der Waals surface area contributed by atoms with Gasteiger partial charge in [0.05, 0.1) is 12.1 Å². The Kier molecular flexibility index (Phi) is 4.29. The lowest BCUT2D eigenvalue weighted by atomic mass is 10.0. The molecule has 18 heavy (non-hydrogen) atoms. The highest BCUT2D eigenvalue weighted by atomic mass is 35.5. The predicted octanol–water partition coefficient (Wildman–Crippen LogP) is 1.96. The number of sulfonamides is 1. The van der Waals surface area contributed by atoms with Gasteiger partial charge in [0.1, 0.15) is 0 Å². The van der Waals surface area contributed by atoms with Gasteiger partial charge in [-0.3, -0.25) is 5.10 Å². The molecular weight excluding hydrogens is 274 g/mol. The van der Waals surface area contributed by atoms with Gasteiger partial charge in [-0.15, -0.1) is 11.6 Å². The van der Waals surface area contributed by atoms with Gasteiger partial charge in [-0.05, 0) is 18.8 Å². The number of aromatic nitrogens is 2. The second kappa shape index (κ2) is 5.59. The van der Waals surface area contributed by atoms with Crippen LogP contribution in [0.1, 0.15) is 31.7 Å². The van der Waals surface area contributed by atoms with Crippen molar-refractivity contribution in [1.82, 2.24) is 14.5 Å². The van der Waals surface area contributed by atoms with Gasteiger partial charge in [-0.2, -0.15) is 9.40 Å². The first-order chi connectivity index (χ1) is 8.59. The van der Waals surface area contributed by atoms with Gasteiger partial charge in [0.2, 0.25) is 0 Å². The van der Waals surface area contributed by atoms with Crippen LogP contribution in [-0.2, 0) is 15.9 Å². The molecule has 0 aliphatic carbocycles. The highest BCUT2D eigenvalue weighted by molar-refractivity contribution is 7.89. The topological polar surface area (TPSA) is 66.1 Å². The molecule has 1 aromatic rings. The average molecular weight is 292 g/mol. The molecule has 1 saturated heterocycles. The zero-order valence-electron chi connectivity index (χ0n) is 10.4. The van der Waals surface area contributed by atoms with E-state index in [-0.39, 0.29) is 10.9 Å². The van der Waals surface area contributed by atoms with E-state index >= 15 is 0 Å². The van der Waals surface area contributed by atoms with Crippen molar-refractivity contribution in [2.24, 2.45) is 5.92 Å². The summed E-state index contributed by atoms with van der Waals surface area (Å²) in [6.45, 7) is 3.32. The van der Waals surface area contributed by atoms with Gasteiger partial charge in [0.15, 0.2) is 5.03 Å². The average Bonchev–Trinajstić information content (AvgIpc) is 2.97. The summed E-state index contributed by atoms with van der Waals surface area (Å²) < 4.78 is 26.4. The van der Waals surface area contributed by atoms with Crippen LogP contribution in [0.25, 0.3) is 0 Å². The zero-order valence-corrected chi connectivity index (χ0v) is 12.0. The van der Waals surface area contributed by atoms with Gasteiger partial charge in [0.25, 0.3) is 10.0 Å². The summed E-state index contributed by atoms with van der Waals surface area (Å²) in [5, 5.41) is 6.48. The Balaban J connectivity index is 2.18. The van der Waals surface area contributed by atoms with Crippen LogP contribution in [-0.4, -0.2) is 36.0 Å². The fourth-order valence-electron chi connectivity index (χ4n) is 2.41. The number of H-pyrrole nitrogens is 1. The van der Waals surface area contributed by atoms with Crippen molar-refractivity contribution < 1.29 is 8.42 Å². The molecule has 5 nitrogen and oxygen atoms in total. The van der Waals surface area contributed by atoms with Crippen LogP contribution >= 0.6 is 11.6 Å². The Hall–Kier alpha value is -0.590. The predicted molar refractivity (Wildman–Crippen MR) is 69.9 cm³/mol. The molecule has 0 saturated carbocycles. The van der Waals surface area contributed by atoms with Crippen LogP contribution in [0, 0.1) is 5.92 Å². The van der Waals surface area contributed by atoms with Crippen LogP contribution in [0.15, 0.2) is 11.2 Å². The van der Waals surface area contributed by atoms with E-state index in [0.29, 0.717) is 24.6 Å². The number of halogens is 1. The maximum Gasteiger partial charge on any atom is 0.260 e. The minimum absolute atomic E-state index is 0.148. The quantitative estimate of drug-likeness (QED) is 0.843. The molecule has 0 bridgehead atoms. The standard InChI is InChI=1S/C11H18ClN3O2S/c1-2-3-9-4-5-15(8-9)18(16,17)11-10(6-12)7-13-14-11/h7,9H,2-6,8H2,1H3,(H,13,14). The Morgan fingerprint density at radius 2 is 2.39 bits per heavy atom. The maximum atomic E-state index is 12.4. The maximum absolute atomic E-state index is 12.4. The van der Waals surface area contributed by atoms with Crippen molar-refractivity contribution in [3.8, 4) is 0 Å². The van der Waals surface area contributed by atoms with E-state index in [2.05, 4.69) is 17.1 Å². The molecule has 102 valence electrons. The third-order valence-electron chi connectivity index (χ3n) is 3.37. The molecule has 1 aromatic heterocycles. The number of rotatable bonds is 5. The zero-order chi connectivity index (χ0) is 13.2. The van der Waals surface area contributed by atoms with E-state index in [0.717, 1.165) is 19.3 Å². The fourth-order valence-corrected chi connectivity index (χ4v) is 4.32. The molecule has 0 amide bonds. The molecule has 0 spiro atoms. The summed E-state index contributed by atoms with van der Waals surface area (Å²) in [4.78, 5) is 0. The van der Waals surface area contributed by atoms with Crippen LogP contribution in [0.2, 0.25) is 0 Å².